The molecule has 1 atom stereocenters. The summed E-state index contributed by atoms with van der Waals surface area (Å²) in [6.07, 6.45) is 0.172. The quantitative estimate of drug-likeness (QED) is 0.776. The van der Waals surface area contributed by atoms with Crippen molar-refractivity contribution in [3.8, 4) is 0 Å². The van der Waals surface area contributed by atoms with Gasteiger partial charge in [-0.25, -0.2) is 4.79 Å². The molecule has 13 heavy (non-hydrogen) atoms. The normalized spacial score (nSPS) is 15.3. The van der Waals surface area contributed by atoms with Crippen molar-refractivity contribution in [1.29, 1.82) is 0 Å². The molecular formula is C9H12O3S. The van der Waals surface area contributed by atoms with Crippen LogP contribution >= 0.6 is 11.3 Å². The van der Waals surface area contributed by atoms with E-state index in [1.54, 1.807) is 0 Å². The van der Waals surface area contributed by atoms with Crippen LogP contribution in [0.3, 0.4) is 0 Å². The van der Waals surface area contributed by atoms with Gasteiger partial charge in [-0.3, -0.25) is 0 Å². The Morgan fingerprint density at radius 3 is 2.69 bits per heavy atom. The average Bonchev–Trinajstić information content (AvgIpc) is 2.35. The van der Waals surface area contributed by atoms with Crippen LogP contribution in [0.2, 0.25) is 0 Å². The molecule has 0 aliphatic rings. The summed E-state index contributed by atoms with van der Waals surface area (Å²) in [7, 11) is 0. The van der Waals surface area contributed by atoms with Crippen molar-refractivity contribution >= 4 is 17.3 Å². The zero-order valence-corrected chi connectivity index (χ0v) is 8.39. The lowest BCUT2D eigenvalue weighted by Crippen LogP contribution is -2.37. The van der Waals surface area contributed by atoms with E-state index in [0.29, 0.717) is 0 Å². The number of aryl methyl sites for hydroxylation is 1. The summed E-state index contributed by atoms with van der Waals surface area (Å²) in [4.78, 5) is 11.5. The maximum atomic E-state index is 10.6. The van der Waals surface area contributed by atoms with Gasteiger partial charge >= 0.3 is 5.97 Å². The van der Waals surface area contributed by atoms with Gasteiger partial charge in [0, 0.05) is 11.3 Å². The monoisotopic (exact) mass is 200 g/mol. The highest BCUT2D eigenvalue weighted by Gasteiger charge is 2.30. The van der Waals surface area contributed by atoms with Crippen LogP contribution in [0.5, 0.6) is 0 Å². The molecule has 2 N–H and O–H groups in total. The van der Waals surface area contributed by atoms with Gasteiger partial charge in [0.15, 0.2) is 5.60 Å². The third-order valence-corrected chi connectivity index (χ3v) is 2.96. The maximum absolute atomic E-state index is 10.6. The number of aliphatic carboxylic acids is 1. The van der Waals surface area contributed by atoms with Gasteiger partial charge in [-0.2, -0.15) is 0 Å². The molecule has 3 nitrogen and oxygen atoms in total. The Morgan fingerprint density at radius 1 is 1.69 bits per heavy atom. The number of hydrogen-bond donors (Lipinski definition) is 2. The fourth-order valence-corrected chi connectivity index (χ4v) is 2.03. The zero-order valence-electron chi connectivity index (χ0n) is 7.57. The van der Waals surface area contributed by atoms with E-state index in [0.717, 1.165) is 10.4 Å². The molecule has 0 aliphatic carbocycles. The number of thiophene rings is 1. The molecule has 0 spiro atoms. The number of rotatable bonds is 3. The lowest BCUT2D eigenvalue weighted by molar-refractivity contribution is -0.156. The number of hydrogen-bond acceptors (Lipinski definition) is 3. The Kier molecular flexibility index (Phi) is 2.73. The fourth-order valence-electron chi connectivity index (χ4n) is 0.973. The van der Waals surface area contributed by atoms with E-state index in [9.17, 15) is 9.90 Å². The van der Waals surface area contributed by atoms with Gasteiger partial charge < -0.3 is 10.2 Å². The molecule has 0 aliphatic heterocycles. The van der Waals surface area contributed by atoms with Crippen LogP contribution in [0.4, 0.5) is 0 Å². The second kappa shape index (κ2) is 3.47. The van der Waals surface area contributed by atoms with Crippen molar-refractivity contribution in [2.45, 2.75) is 25.9 Å². The van der Waals surface area contributed by atoms with Crippen molar-refractivity contribution in [2.75, 3.05) is 0 Å². The van der Waals surface area contributed by atoms with E-state index in [1.807, 2.05) is 18.4 Å². The Morgan fingerprint density at radius 2 is 2.31 bits per heavy atom. The van der Waals surface area contributed by atoms with Crippen LogP contribution in [0.1, 0.15) is 17.4 Å². The minimum Gasteiger partial charge on any atom is -0.479 e. The highest BCUT2D eigenvalue weighted by atomic mass is 32.1. The van der Waals surface area contributed by atoms with Crippen LogP contribution in [0, 0.1) is 6.92 Å². The van der Waals surface area contributed by atoms with Gasteiger partial charge in [0.2, 0.25) is 0 Å². The summed E-state index contributed by atoms with van der Waals surface area (Å²) in [6.45, 7) is 3.22. The lowest BCUT2D eigenvalue weighted by Gasteiger charge is -2.16. The molecule has 0 aromatic carbocycles. The van der Waals surface area contributed by atoms with E-state index in [4.69, 9.17) is 5.11 Å². The number of aliphatic hydroxyl groups is 1. The molecule has 1 rings (SSSR count). The first kappa shape index (κ1) is 10.2. The number of carboxylic acids is 1. The molecule has 0 amide bonds. The summed E-state index contributed by atoms with van der Waals surface area (Å²) >= 11 is 1.47. The molecule has 1 aromatic heterocycles. The van der Waals surface area contributed by atoms with E-state index < -0.39 is 11.6 Å². The first-order chi connectivity index (χ1) is 5.93. The highest BCUT2D eigenvalue weighted by Crippen LogP contribution is 2.21. The third-order valence-electron chi connectivity index (χ3n) is 1.93. The summed E-state index contributed by atoms with van der Waals surface area (Å²) in [5, 5.41) is 20.1. The minimum atomic E-state index is -1.66. The Hall–Kier alpha value is -0.870. The first-order valence-corrected chi connectivity index (χ1v) is 4.80. The van der Waals surface area contributed by atoms with Crippen molar-refractivity contribution < 1.29 is 15.0 Å². The standard InChI is InChI=1S/C9H12O3S/c1-6-3-4-13-7(6)5-9(2,12)8(10)11/h3-4,12H,5H2,1-2H3,(H,10,11). The van der Waals surface area contributed by atoms with E-state index in [-0.39, 0.29) is 6.42 Å². The van der Waals surface area contributed by atoms with Gasteiger partial charge in [0.1, 0.15) is 0 Å². The molecule has 1 aromatic rings. The summed E-state index contributed by atoms with van der Waals surface area (Å²) < 4.78 is 0. The van der Waals surface area contributed by atoms with E-state index in [1.165, 1.54) is 18.3 Å². The van der Waals surface area contributed by atoms with Crippen molar-refractivity contribution in [3.63, 3.8) is 0 Å². The Labute approximate surface area is 80.6 Å². The maximum Gasteiger partial charge on any atom is 0.335 e. The van der Waals surface area contributed by atoms with Crippen LogP contribution in [0.25, 0.3) is 0 Å². The van der Waals surface area contributed by atoms with Gasteiger partial charge in [0.05, 0.1) is 0 Å². The predicted molar refractivity (Wildman–Crippen MR) is 51.0 cm³/mol. The summed E-state index contributed by atoms with van der Waals surface area (Å²) in [5.74, 6) is -1.18. The second-order valence-electron chi connectivity index (χ2n) is 3.28. The predicted octanol–water partition coefficient (Wildman–Crippen LogP) is 1.43. The van der Waals surface area contributed by atoms with Gasteiger partial charge in [-0.1, -0.05) is 0 Å². The molecule has 72 valence electrons. The van der Waals surface area contributed by atoms with Crippen LogP contribution in [-0.2, 0) is 11.2 Å². The highest BCUT2D eigenvalue weighted by molar-refractivity contribution is 7.10. The second-order valence-corrected chi connectivity index (χ2v) is 4.28. The van der Waals surface area contributed by atoms with Gasteiger partial charge in [0.25, 0.3) is 0 Å². The van der Waals surface area contributed by atoms with Crippen molar-refractivity contribution in [2.24, 2.45) is 0 Å². The molecule has 1 heterocycles. The molecule has 0 fully saturated rings. The number of carboxylic acid groups (broad SMARTS) is 1. The van der Waals surface area contributed by atoms with Gasteiger partial charge in [-0.15, -0.1) is 11.3 Å². The molecule has 1 unspecified atom stereocenters. The average molecular weight is 200 g/mol. The zero-order chi connectivity index (χ0) is 10.1. The molecule has 0 saturated carbocycles. The van der Waals surface area contributed by atoms with Crippen molar-refractivity contribution in [1.82, 2.24) is 0 Å². The molecule has 0 bridgehead atoms. The summed E-state index contributed by atoms with van der Waals surface area (Å²) in [6, 6.07) is 1.91. The smallest absolute Gasteiger partial charge is 0.335 e. The number of carbonyl (C=O) groups is 1. The first-order valence-electron chi connectivity index (χ1n) is 3.92. The SMILES string of the molecule is Cc1ccsc1CC(C)(O)C(=O)O. The minimum absolute atomic E-state index is 0.172. The molecule has 4 heteroatoms. The van der Waals surface area contributed by atoms with Gasteiger partial charge in [-0.05, 0) is 30.9 Å². The molecular weight excluding hydrogens is 188 g/mol. The largest absolute Gasteiger partial charge is 0.479 e. The molecule has 0 saturated heterocycles. The third kappa shape index (κ3) is 2.29. The van der Waals surface area contributed by atoms with Crippen LogP contribution < -0.4 is 0 Å². The topological polar surface area (TPSA) is 57.5 Å². The Balaban J connectivity index is 2.80. The molecule has 0 radical (unpaired) electrons. The Bertz CT molecular complexity index is 314. The van der Waals surface area contributed by atoms with E-state index in [2.05, 4.69) is 0 Å². The van der Waals surface area contributed by atoms with Crippen molar-refractivity contribution in [3.05, 3.63) is 21.9 Å². The fraction of sp³-hybridized carbons (Fsp3) is 0.444. The van der Waals surface area contributed by atoms with E-state index >= 15 is 0 Å². The summed E-state index contributed by atoms with van der Waals surface area (Å²) in [5.41, 5.74) is -0.623. The van der Waals surface area contributed by atoms with Crippen LogP contribution in [0.15, 0.2) is 11.4 Å². The lowest BCUT2D eigenvalue weighted by atomic mass is 10.0. The van der Waals surface area contributed by atoms with Crippen LogP contribution in [-0.4, -0.2) is 21.8 Å².